The summed E-state index contributed by atoms with van der Waals surface area (Å²) in [5.74, 6) is 0.835. The van der Waals surface area contributed by atoms with Gasteiger partial charge in [0.1, 0.15) is 5.69 Å². The van der Waals surface area contributed by atoms with E-state index in [4.69, 9.17) is 0 Å². The van der Waals surface area contributed by atoms with Crippen molar-refractivity contribution >= 4 is 5.78 Å². The van der Waals surface area contributed by atoms with Gasteiger partial charge in [0.2, 0.25) is 0 Å². The fourth-order valence-electron chi connectivity index (χ4n) is 3.67. The molecule has 2 aromatic heterocycles. The Balaban J connectivity index is 1.84. The maximum atomic E-state index is 12.6. The molecule has 20 heavy (non-hydrogen) atoms. The quantitative estimate of drug-likeness (QED) is 0.792. The average Bonchev–Trinajstić information content (AvgIpc) is 2.47. The summed E-state index contributed by atoms with van der Waals surface area (Å²) in [6.07, 6.45) is 2.74. The van der Waals surface area contributed by atoms with E-state index in [2.05, 4.69) is 29.9 Å². The zero-order valence-corrected chi connectivity index (χ0v) is 11.6. The lowest BCUT2D eigenvalue weighted by atomic mass is 9.47. The average molecular weight is 264 g/mol. The van der Waals surface area contributed by atoms with Gasteiger partial charge in [-0.1, -0.05) is 26.0 Å². The van der Waals surface area contributed by atoms with Crippen LogP contribution in [0.5, 0.6) is 0 Å². The van der Waals surface area contributed by atoms with Gasteiger partial charge in [0.25, 0.3) is 0 Å². The number of ketones is 1. The van der Waals surface area contributed by atoms with Crippen LogP contribution in [0, 0.1) is 11.3 Å². The number of Topliss-reactive ketones (excluding diaryl/α,β-unsaturated/α-hetero) is 1. The molecular weight excluding hydrogens is 248 g/mol. The van der Waals surface area contributed by atoms with E-state index in [9.17, 15) is 4.79 Å². The number of pyridine rings is 2. The summed E-state index contributed by atoms with van der Waals surface area (Å²) in [6, 6.07) is 9.80. The molecular formula is C17H16N2O. The Kier molecular flexibility index (Phi) is 2.21. The van der Waals surface area contributed by atoms with Crippen LogP contribution in [-0.4, -0.2) is 15.8 Å². The van der Waals surface area contributed by atoms with Crippen LogP contribution in [0.3, 0.4) is 0 Å². The van der Waals surface area contributed by atoms with Crippen molar-refractivity contribution in [1.82, 2.24) is 9.97 Å². The highest BCUT2D eigenvalue weighted by molar-refractivity contribution is 6.01. The highest BCUT2D eigenvalue weighted by Crippen LogP contribution is 2.61. The van der Waals surface area contributed by atoms with E-state index in [1.54, 1.807) is 6.20 Å². The first-order valence-corrected chi connectivity index (χ1v) is 7.05. The molecule has 0 aromatic carbocycles. The van der Waals surface area contributed by atoms with Crippen LogP contribution in [-0.2, 0) is 0 Å². The van der Waals surface area contributed by atoms with Crippen molar-refractivity contribution in [1.29, 1.82) is 0 Å². The minimum Gasteiger partial charge on any atom is -0.292 e. The lowest BCUT2D eigenvalue weighted by Gasteiger charge is -2.55. The predicted molar refractivity (Wildman–Crippen MR) is 76.4 cm³/mol. The van der Waals surface area contributed by atoms with Crippen LogP contribution in [0.1, 0.15) is 42.2 Å². The van der Waals surface area contributed by atoms with Crippen molar-refractivity contribution in [2.24, 2.45) is 11.3 Å². The summed E-state index contributed by atoms with van der Waals surface area (Å²) >= 11 is 0. The van der Waals surface area contributed by atoms with Crippen LogP contribution < -0.4 is 0 Å². The van der Waals surface area contributed by atoms with Crippen molar-refractivity contribution in [3.63, 3.8) is 0 Å². The van der Waals surface area contributed by atoms with Gasteiger partial charge in [0.15, 0.2) is 5.78 Å². The Bertz CT molecular complexity index is 706. The fourth-order valence-corrected chi connectivity index (χ4v) is 3.67. The number of nitrogens with zero attached hydrogens (tertiary/aromatic N) is 2. The van der Waals surface area contributed by atoms with E-state index in [1.807, 2.05) is 24.3 Å². The Morgan fingerprint density at radius 3 is 2.65 bits per heavy atom. The summed E-state index contributed by atoms with van der Waals surface area (Å²) < 4.78 is 0. The zero-order chi connectivity index (χ0) is 13.9. The van der Waals surface area contributed by atoms with E-state index in [0.717, 1.165) is 23.4 Å². The van der Waals surface area contributed by atoms with E-state index in [1.165, 1.54) is 0 Å². The van der Waals surface area contributed by atoms with E-state index < -0.39 is 0 Å². The molecule has 2 atom stereocenters. The van der Waals surface area contributed by atoms with Gasteiger partial charge in [-0.15, -0.1) is 0 Å². The molecule has 3 aliphatic rings. The highest BCUT2D eigenvalue weighted by atomic mass is 16.1. The molecule has 2 bridgehead atoms. The van der Waals surface area contributed by atoms with Crippen LogP contribution >= 0.6 is 0 Å². The third-order valence-electron chi connectivity index (χ3n) is 5.05. The Morgan fingerprint density at radius 1 is 1.10 bits per heavy atom. The summed E-state index contributed by atoms with van der Waals surface area (Å²) in [5.41, 5.74) is 3.51. The molecule has 100 valence electrons. The van der Waals surface area contributed by atoms with Crippen molar-refractivity contribution in [3.05, 3.63) is 47.8 Å². The van der Waals surface area contributed by atoms with Gasteiger partial charge in [-0.05, 0) is 41.5 Å². The molecule has 0 radical (unpaired) electrons. The maximum absolute atomic E-state index is 12.6. The van der Waals surface area contributed by atoms with Crippen molar-refractivity contribution in [2.45, 2.75) is 26.2 Å². The summed E-state index contributed by atoms with van der Waals surface area (Å²) in [6.45, 7) is 4.39. The van der Waals surface area contributed by atoms with Crippen LogP contribution in [0.4, 0.5) is 0 Å². The van der Waals surface area contributed by atoms with Crippen LogP contribution in [0.2, 0.25) is 0 Å². The molecule has 0 saturated heterocycles. The molecule has 0 spiro atoms. The SMILES string of the molecule is CC1(C)[C@@H]2C[C@H]1C(=O)c1nc(-c3ccccn3)ccc12. The minimum atomic E-state index is 0.0955. The summed E-state index contributed by atoms with van der Waals surface area (Å²) in [5, 5.41) is 0. The zero-order valence-electron chi connectivity index (χ0n) is 11.6. The second kappa shape index (κ2) is 3.75. The Morgan fingerprint density at radius 2 is 1.95 bits per heavy atom. The van der Waals surface area contributed by atoms with Crippen LogP contribution in [0.25, 0.3) is 11.4 Å². The van der Waals surface area contributed by atoms with Crippen molar-refractivity contribution in [2.75, 3.05) is 0 Å². The maximum Gasteiger partial charge on any atom is 0.185 e. The third-order valence-corrected chi connectivity index (χ3v) is 5.05. The number of hydrogen-bond acceptors (Lipinski definition) is 3. The first kappa shape index (κ1) is 11.8. The third kappa shape index (κ3) is 1.38. The van der Waals surface area contributed by atoms with E-state index in [-0.39, 0.29) is 17.1 Å². The molecule has 0 N–H and O–H groups in total. The van der Waals surface area contributed by atoms with E-state index >= 15 is 0 Å². The van der Waals surface area contributed by atoms with Gasteiger partial charge in [-0.25, -0.2) is 4.98 Å². The number of aromatic nitrogens is 2. The molecule has 0 aliphatic heterocycles. The number of carbonyl (C=O) groups is 1. The van der Waals surface area contributed by atoms with Gasteiger partial charge in [0, 0.05) is 12.1 Å². The fraction of sp³-hybridized carbons (Fsp3) is 0.353. The number of carbonyl (C=O) groups excluding carboxylic acids is 1. The van der Waals surface area contributed by atoms with Crippen LogP contribution in [0.15, 0.2) is 36.5 Å². The monoisotopic (exact) mass is 264 g/mol. The standard InChI is InChI=1S/C17H16N2O/c1-17(2)11-9-12(17)16(20)15-10(11)6-7-14(19-15)13-5-3-4-8-18-13/h3-8,11-12H,9H2,1-2H3/t11-,12+/m1/s1. The van der Waals surface area contributed by atoms with Gasteiger partial charge in [-0.3, -0.25) is 9.78 Å². The smallest absolute Gasteiger partial charge is 0.185 e. The van der Waals surface area contributed by atoms with E-state index in [0.29, 0.717) is 11.6 Å². The summed E-state index contributed by atoms with van der Waals surface area (Å²) in [7, 11) is 0. The highest BCUT2D eigenvalue weighted by Gasteiger charge is 2.57. The van der Waals surface area contributed by atoms with Gasteiger partial charge >= 0.3 is 0 Å². The molecule has 3 heteroatoms. The molecule has 0 unspecified atom stereocenters. The second-order valence-electron chi connectivity index (χ2n) is 6.38. The normalized spacial score (nSPS) is 25.8. The van der Waals surface area contributed by atoms with Gasteiger partial charge < -0.3 is 0 Å². The molecule has 3 aliphatic carbocycles. The van der Waals surface area contributed by atoms with Crippen molar-refractivity contribution in [3.8, 4) is 11.4 Å². The largest absolute Gasteiger partial charge is 0.292 e. The lowest BCUT2D eigenvalue weighted by Crippen LogP contribution is -2.52. The van der Waals surface area contributed by atoms with Gasteiger partial charge in [-0.2, -0.15) is 0 Å². The molecule has 2 heterocycles. The second-order valence-corrected chi connectivity index (χ2v) is 6.38. The molecule has 1 saturated carbocycles. The van der Waals surface area contributed by atoms with Gasteiger partial charge in [0.05, 0.1) is 11.4 Å². The summed E-state index contributed by atoms with van der Waals surface area (Å²) in [4.78, 5) is 21.5. The Hall–Kier alpha value is -2.03. The molecule has 2 aromatic rings. The first-order valence-electron chi connectivity index (χ1n) is 7.05. The molecule has 5 rings (SSSR count). The number of hydrogen-bond donors (Lipinski definition) is 0. The topological polar surface area (TPSA) is 42.9 Å². The minimum absolute atomic E-state index is 0.0955. The molecule has 0 amide bonds. The number of rotatable bonds is 1. The first-order chi connectivity index (χ1) is 9.59. The lowest BCUT2D eigenvalue weighted by molar-refractivity contribution is 0.0198. The molecule has 3 nitrogen and oxygen atoms in total. The predicted octanol–water partition coefficient (Wildman–Crippen LogP) is 3.47. The Labute approximate surface area is 118 Å². The van der Waals surface area contributed by atoms with Crippen molar-refractivity contribution < 1.29 is 4.79 Å². The molecule has 1 fully saturated rings.